The van der Waals surface area contributed by atoms with Gasteiger partial charge in [0.15, 0.2) is 0 Å². The summed E-state index contributed by atoms with van der Waals surface area (Å²) in [6.45, 7) is 8.62. The minimum atomic E-state index is -2.34. The Bertz CT molecular complexity index is 212. The summed E-state index contributed by atoms with van der Waals surface area (Å²) in [5, 5.41) is 0. The molecule has 0 aromatic rings. The second-order valence-corrected chi connectivity index (χ2v) is 6.56. The molecule has 3 nitrogen and oxygen atoms in total. The van der Waals surface area contributed by atoms with Crippen molar-refractivity contribution in [1.29, 1.82) is 0 Å². The van der Waals surface area contributed by atoms with Gasteiger partial charge in [-0.05, 0) is 25.7 Å². The van der Waals surface area contributed by atoms with Gasteiger partial charge in [-0.2, -0.15) is 0 Å². The molecule has 0 spiro atoms. The van der Waals surface area contributed by atoms with Gasteiger partial charge in [-0.3, -0.25) is 4.57 Å². The van der Waals surface area contributed by atoms with E-state index in [1.807, 2.05) is 0 Å². The van der Waals surface area contributed by atoms with Crippen molar-refractivity contribution < 1.29 is 13.6 Å². The minimum absolute atomic E-state index is 0.111. The molecule has 2 atom stereocenters. The molecule has 0 bridgehead atoms. The highest BCUT2D eigenvalue weighted by Crippen LogP contribution is 2.33. The minimum Gasteiger partial charge on any atom is -0.307 e. The van der Waals surface area contributed by atoms with Crippen molar-refractivity contribution in [1.82, 2.24) is 0 Å². The van der Waals surface area contributed by atoms with Gasteiger partial charge in [-0.25, -0.2) is 0 Å². The molecule has 0 fully saturated rings. The first kappa shape index (κ1) is 20.1. The Hall–Kier alpha value is 0.150. The van der Waals surface area contributed by atoms with Crippen LogP contribution >= 0.6 is 8.25 Å². The van der Waals surface area contributed by atoms with Crippen molar-refractivity contribution in [2.75, 3.05) is 0 Å². The van der Waals surface area contributed by atoms with Crippen molar-refractivity contribution in [3.8, 4) is 0 Å². The number of unbranched alkanes of at least 4 members (excludes halogenated alkanes) is 2. The lowest BCUT2D eigenvalue weighted by Crippen LogP contribution is -2.13. The third-order valence-corrected chi connectivity index (χ3v) is 4.56. The highest BCUT2D eigenvalue weighted by Gasteiger charge is 2.16. The molecule has 0 amide bonds. The van der Waals surface area contributed by atoms with Crippen LogP contribution in [-0.4, -0.2) is 12.2 Å². The molecule has 0 aliphatic heterocycles. The third-order valence-electron chi connectivity index (χ3n) is 3.51. The Morgan fingerprint density at radius 1 is 0.700 bits per heavy atom. The molecule has 2 unspecified atom stereocenters. The van der Waals surface area contributed by atoms with E-state index in [1.54, 1.807) is 0 Å². The zero-order valence-electron chi connectivity index (χ0n) is 14.0. The molecule has 122 valence electrons. The van der Waals surface area contributed by atoms with Gasteiger partial charge in [0.05, 0.1) is 12.2 Å². The molecule has 0 heterocycles. The van der Waals surface area contributed by atoms with Crippen molar-refractivity contribution >= 4 is 8.25 Å². The van der Waals surface area contributed by atoms with Gasteiger partial charge in [0.25, 0.3) is 0 Å². The maximum Gasteiger partial charge on any atom is 0.319 e. The molecule has 0 aromatic heterocycles. The number of hydrogen-bond acceptors (Lipinski definition) is 3. The predicted molar refractivity (Wildman–Crippen MR) is 87.6 cm³/mol. The summed E-state index contributed by atoms with van der Waals surface area (Å²) in [5.41, 5.74) is 0. The first-order valence-corrected chi connectivity index (χ1v) is 9.77. The Morgan fingerprint density at radius 2 is 1.10 bits per heavy atom. The molecule has 0 saturated carbocycles. The van der Waals surface area contributed by atoms with Crippen molar-refractivity contribution in [2.24, 2.45) is 0 Å². The maximum absolute atomic E-state index is 12.1. The summed E-state index contributed by atoms with van der Waals surface area (Å²) in [6.07, 6.45) is 10.9. The van der Waals surface area contributed by atoms with Crippen LogP contribution < -0.4 is 0 Å². The van der Waals surface area contributed by atoms with Gasteiger partial charge in [-0.15, -0.1) is 0 Å². The lowest BCUT2D eigenvalue weighted by Gasteiger charge is -2.20. The normalized spacial score (nSPS) is 16.0. The van der Waals surface area contributed by atoms with Crippen molar-refractivity contribution in [3.63, 3.8) is 0 Å². The average Bonchev–Trinajstić information content (AvgIpc) is 2.42. The van der Waals surface area contributed by atoms with Gasteiger partial charge in [-0.1, -0.05) is 66.2 Å². The SMILES string of the molecule is CCCCC(CCC)O[PH](=O)OC(CCC)CCCC. The van der Waals surface area contributed by atoms with E-state index in [-0.39, 0.29) is 12.2 Å². The predicted octanol–water partition coefficient (Wildman–Crippen LogP) is 6.13. The molecule has 0 aliphatic rings. The van der Waals surface area contributed by atoms with E-state index in [0.717, 1.165) is 64.2 Å². The smallest absolute Gasteiger partial charge is 0.307 e. The van der Waals surface area contributed by atoms with Crippen LogP contribution in [0.2, 0.25) is 0 Å². The molecular weight excluding hydrogens is 271 g/mol. The van der Waals surface area contributed by atoms with Crippen molar-refractivity contribution in [3.05, 3.63) is 0 Å². The molecule has 20 heavy (non-hydrogen) atoms. The van der Waals surface area contributed by atoms with Crippen LogP contribution in [0.1, 0.15) is 91.9 Å². The Balaban J connectivity index is 4.16. The third kappa shape index (κ3) is 10.9. The molecular formula is C16H35O3P. The van der Waals surface area contributed by atoms with E-state index in [0.29, 0.717) is 0 Å². The summed E-state index contributed by atoms with van der Waals surface area (Å²) in [5.74, 6) is 0. The van der Waals surface area contributed by atoms with Gasteiger partial charge < -0.3 is 9.05 Å². The second-order valence-electron chi connectivity index (χ2n) is 5.59. The summed E-state index contributed by atoms with van der Waals surface area (Å²) in [7, 11) is -2.34. The van der Waals surface area contributed by atoms with Crippen LogP contribution in [0, 0.1) is 0 Å². The fourth-order valence-corrected chi connectivity index (χ4v) is 3.40. The highest BCUT2D eigenvalue weighted by molar-refractivity contribution is 7.33. The zero-order chi connectivity index (χ0) is 15.2. The molecule has 0 aliphatic carbocycles. The van der Waals surface area contributed by atoms with Crippen LogP contribution in [-0.2, 0) is 13.6 Å². The summed E-state index contributed by atoms with van der Waals surface area (Å²) < 4.78 is 23.4. The molecule has 0 N–H and O–H groups in total. The van der Waals surface area contributed by atoms with Crippen LogP contribution in [0.4, 0.5) is 0 Å². The monoisotopic (exact) mass is 306 g/mol. The summed E-state index contributed by atoms with van der Waals surface area (Å²) in [6, 6.07) is 0. The molecule has 4 heteroatoms. The lowest BCUT2D eigenvalue weighted by molar-refractivity contribution is 0.109. The van der Waals surface area contributed by atoms with E-state index in [1.165, 1.54) is 0 Å². The molecule has 0 saturated heterocycles. The number of rotatable bonds is 14. The van der Waals surface area contributed by atoms with Crippen molar-refractivity contribution in [2.45, 2.75) is 104 Å². The quantitative estimate of drug-likeness (QED) is 0.362. The molecule has 0 rings (SSSR count). The Kier molecular flexibility index (Phi) is 14.2. The number of hydrogen-bond donors (Lipinski definition) is 0. The van der Waals surface area contributed by atoms with Crippen LogP contribution in [0.25, 0.3) is 0 Å². The lowest BCUT2D eigenvalue weighted by atomic mass is 10.1. The van der Waals surface area contributed by atoms with E-state index in [9.17, 15) is 4.57 Å². The van der Waals surface area contributed by atoms with E-state index in [2.05, 4.69) is 27.7 Å². The van der Waals surface area contributed by atoms with E-state index in [4.69, 9.17) is 9.05 Å². The Labute approximate surface area is 126 Å². The van der Waals surface area contributed by atoms with Gasteiger partial charge in [0.2, 0.25) is 0 Å². The fraction of sp³-hybridized carbons (Fsp3) is 1.00. The topological polar surface area (TPSA) is 35.5 Å². The first-order valence-electron chi connectivity index (χ1n) is 8.55. The summed E-state index contributed by atoms with van der Waals surface area (Å²) in [4.78, 5) is 0. The van der Waals surface area contributed by atoms with E-state index < -0.39 is 8.25 Å². The standard InChI is InChI=1S/C16H35O3P/c1-5-9-13-15(11-7-3)18-20(17)19-16(12-8-4)14-10-6-2/h15-16,20H,5-14H2,1-4H3. The van der Waals surface area contributed by atoms with E-state index >= 15 is 0 Å². The second kappa shape index (κ2) is 14.1. The fourth-order valence-electron chi connectivity index (χ4n) is 2.33. The van der Waals surface area contributed by atoms with Crippen LogP contribution in [0.15, 0.2) is 0 Å². The molecule has 0 radical (unpaired) electrons. The largest absolute Gasteiger partial charge is 0.319 e. The van der Waals surface area contributed by atoms with Gasteiger partial charge in [0, 0.05) is 0 Å². The van der Waals surface area contributed by atoms with Gasteiger partial charge >= 0.3 is 8.25 Å². The highest BCUT2D eigenvalue weighted by atomic mass is 31.1. The Morgan fingerprint density at radius 3 is 1.40 bits per heavy atom. The molecule has 0 aromatic carbocycles. The van der Waals surface area contributed by atoms with Gasteiger partial charge in [0.1, 0.15) is 0 Å². The van der Waals surface area contributed by atoms with Crippen LogP contribution in [0.3, 0.4) is 0 Å². The maximum atomic E-state index is 12.1. The van der Waals surface area contributed by atoms with Crippen LogP contribution in [0.5, 0.6) is 0 Å². The zero-order valence-corrected chi connectivity index (χ0v) is 15.0. The summed E-state index contributed by atoms with van der Waals surface area (Å²) >= 11 is 0. The first-order chi connectivity index (χ1) is 9.67. The average molecular weight is 306 g/mol.